The minimum absolute atomic E-state index is 0.0799. The summed E-state index contributed by atoms with van der Waals surface area (Å²) < 4.78 is 40.5. The molecule has 172 valence electrons. The number of carbonyl (C=O) groups excluding carboxylic acids is 1. The third-order valence-corrected chi connectivity index (χ3v) is 8.99. The molecule has 8 heteroatoms. The third-order valence-electron chi connectivity index (χ3n) is 7.11. The van der Waals surface area contributed by atoms with Gasteiger partial charge in [-0.2, -0.15) is 4.31 Å². The van der Waals surface area contributed by atoms with E-state index in [1.807, 2.05) is 4.90 Å². The lowest BCUT2D eigenvalue weighted by Gasteiger charge is -2.40. The van der Waals surface area contributed by atoms with Crippen molar-refractivity contribution < 1.29 is 17.6 Å². The Morgan fingerprint density at radius 2 is 1.58 bits per heavy atom. The van der Waals surface area contributed by atoms with Gasteiger partial charge in [0.1, 0.15) is 5.82 Å². The maximum atomic E-state index is 13.2. The van der Waals surface area contributed by atoms with Crippen LogP contribution in [0.2, 0.25) is 0 Å². The van der Waals surface area contributed by atoms with Crippen molar-refractivity contribution in [3.05, 3.63) is 30.1 Å². The number of carbonyl (C=O) groups is 1. The van der Waals surface area contributed by atoms with Crippen LogP contribution in [0.3, 0.4) is 0 Å². The van der Waals surface area contributed by atoms with Gasteiger partial charge in [-0.15, -0.1) is 0 Å². The van der Waals surface area contributed by atoms with Gasteiger partial charge in [0.2, 0.25) is 15.9 Å². The summed E-state index contributed by atoms with van der Waals surface area (Å²) in [5, 5.41) is 0. The second-order valence-corrected chi connectivity index (χ2v) is 11.2. The number of sulfonamides is 1. The van der Waals surface area contributed by atoms with Crippen LogP contribution in [-0.4, -0.2) is 74.2 Å². The van der Waals surface area contributed by atoms with Crippen molar-refractivity contribution in [2.24, 2.45) is 11.8 Å². The summed E-state index contributed by atoms with van der Waals surface area (Å²) in [5.74, 6) is 0.123. The van der Waals surface area contributed by atoms with E-state index in [9.17, 15) is 17.6 Å². The molecule has 2 saturated heterocycles. The first-order valence-corrected chi connectivity index (χ1v) is 13.1. The number of piperidine rings is 1. The van der Waals surface area contributed by atoms with Crippen LogP contribution >= 0.6 is 0 Å². The summed E-state index contributed by atoms with van der Waals surface area (Å²) in [4.78, 5) is 17.6. The Bertz CT molecular complexity index is 847. The van der Waals surface area contributed by atoms with Crippen LogP contribution in [0.15, 0.2) is 29.2 Å². The molecule has 1 saturated carbocycles. The minimum Gasteiger partial charge on any atom is -0.340 e. The average Bonchev–Trinajstić information content (AvgIpc) is 2.80. The normalized spacial score (nSPS) is 24.9. The number of amides is 1. The van der Waals surface area contributed by atoms with Gasteiger partial charge >= 0.3 is 0 Å². The van der Waals surface area contributed by atoms with Crippen LogP contribution in [0.4, 0.5) is 4.39 Å². The molecule has 2 heterocycles. The van der Waals surface area contributed by atoms with Crippen molar-refractivity contribution in [2.75, 3.05) is 45.8 Å². The standard InChI is InChI=1S/C23H34FN3O3S/c24-21-8-10-22(11-9-21)31(29,30)27-12-4-7-20(18-27)23(28)26-15-13-25(14-16-26)17-19-5-2-1-3-6-19/h8-11,19-20H,1-7,12-18H2. The summed E-state index contributed by atoms with van der Waals surface area (Å²) >= 11 is 0. The lowest BCUT2D eigenvalue weighted by atomic mass is 9.89. The van der Waals surface area contributed by atoms with Gasteiger partial charge in [-0.1, -0.05) is 19.3 Å². The number of benzene rings is 1. The Morgan fingerprint density at radius 1 is 0.903 bits per heavy atom. The van der Waals surface area contributed by atoms with Crippen molar-refractivity contribution in [1.29, 1.82) is 0 Å². The number of rotatable bonds is 5. The Kier molecular flexibility index (Phi) is 7.29. The zero-order chi connectivity index (χ0) is 21.8. The van der Waals surface area contributed by atoms with Crippen molar-refractivity contribution >= 4 is 15.9 Å². The van der Waals surface area contributed by atoms with E-state index in [-0.39, 0.29) is 23.3 Å². The molecule has 0 N–H and O–H groups in total. The molecule has 0 spiro atoms. The highest BCUT2D eigenvalue weighted by atomic mass is 32.2. The largest absolute Gasteiger partial charge is 0.340 e. The molecule has 1 unspecified atom stereocenters. The molecule has 3 fully saturated rings. The SMILES string of the molecule is O=C(C1CCCN(S(=O)(=O)c2ccc(F)cc2)C1)N1CCN(CC2CCCCC2)CC1. The quantitative estimate of drug-likeness (QED) is 0.691. The Hall–Kier alpha value is -1.51. The molecule has 0 radical (unpaired) electrons. The van der Waals surface area contributed by atoms with Crippen molar-refractivity contribution in [3.8, 4) is 0 Å². The maximum absolute atomic E-state index is 13.2. The molecule has 2 aliphatic heterocycles. The third kappa shape index (κ3) is 5.46. The lowest BCUT2D eigenvalue weighted by Crippen LogP contribution is -2.53. The van der Waals surface area contributed by atoms with Crippen LogP contribution in [-0.2, 0) is 14.8 Å². The van der Waals surface area contributed by atoms with Crippen LogP contribution < -0.4 is 0 Å². The van der Waals surface area contributed by atoms with Gasteiger partial charge in [-0.25, -0.2) is 12.8 Å². The van der Waals surface area contributed by atoms with Crippen LogP contribution in [0.1, 0.15) is 44.9 Å². The number of hydrogen-bond donors (Lipinski definition) is 0. The summed E-state index contributed by atoms with van der Waals surface area (Å²) in [5.41, 5.74) is 0. The molecule has 1 aromatic carbocycles. The molecule has 1 amide bonds. The highest BCUT2D eigenvalue weighted by Crippen LogP contribution is 2.27. The predicted molar refractivity (Wildman–Crippen MR) is 117 cm³/mol. The van der Waals surface area contributed by atoms with Crippen molar-refractivity contribution in [3.63, 3.8) is 0 Å². The molecule has 0 bridgehead atoms. The molecule has 1 atom stereocenters. The van der Waals surface area contributed by atoms with E-state index in [2.05, 4.69) is 4.90 Å². The van der Waals surface area contributed by atoms with E-state index >= 15 is 0 Å². The smallest absolute Gasteiger partial charge is 0.243 e. The molecule has 3 aliphatic rings. The summed E-state index contributed by atoms with van der Waals surface area (Å²) in [6.45, 7) is 5.03. The first kappa shape index (κ1) is 22.7. The Labute approximate surface area is 185 Å². The van der Waals surface area contributed by atoms with E-state index in [0.717, 1.165) is 57.2 Å². The van der Waals surface area contributed by atoms with Gasteiger partial charge in [-0.05, 0) is 55.9 Å². The van der Waals surface area contributed by atoms with Gasteiger partial charge in [-0.3, -0.25) is 9.69 Å². The van der Waals surface area contributed by atoms with E-state index in [0.29, 0.717) is 13.0 Å². The Morgan fingerprint density at radius 3 is 2.26 bits per heavy atom. The first-order valence-electron chi connectivity index (χ1n) is 11.7. The van der Waals surface area contributed by atoms with E-state index < -0.39 is 15.8 Å². The number of nitrogens with zero attached hydrogens (tertiary/aromatic N) is 3. The highest BCUT2D eigenvalue weighted by Gasteiger charge is 2.36. The van der Waals surface area contributed by atoms with Crippen LogP contribution in [0, 0.1) is 17.7 Å². The van der Waals surface area contributed by atoms with Gasteiger partial charge in [0, 0.05) is 45.8 Å². The highest BCUT2D eigenvalue weighted by molar-refractivity contribution is 7.89. The molecule has 6 nitrogen and oxygen atoms in total. The zero-order valence-electron chi connectivity index (χ0n) is 18.2. The fraction of sp³-hybridized carbons (Fsp3) is 0.696. The lowest BCUT2D eigenvalue weighted by molar-refractivity contribution is -0.138. The fourth-order valence-corrected chi connectivity index (χ4v) is 6.79. The Balaban J connectivity index is 1.31. The molecule has 1 aliphatic carbocycles. The van der Waals surface area contributed by atoms with Crippen molar-refractivity contribution in [1.82, 2.24) is 14.1 Å². The summed E-state index contributed by atoms with van der Waals surface area (Å²) in [6.07, 6.45) is 8.12. The fourth-order valence-electron chi connectivity index (χ4n) is 5.26. The monoisotopic (exact) mass is 451 g/mol. The second kappa shape index (κ2) is 9.96. The van der Waals surface area contributed by atoms with Gasteiger partial charge in [0.05, 0.1) is 10.8 Å². The van der Waals surface area contributed by atoms with Crippen LogP contribution in [0.25, 0.3) is 0 Å². The predicted octanol–water partition coefficient (Wildman–Crippen LogP) is 2.95. The van der Waals surface area contributed by atoms with Gasteiger partial charge < -0.3 is 4.90 Å². The van der Waals surface area contributed by atoms with Crippen molar-refractivity contribution in [2.45, 2.75) is 49.8 Å². The number of hydrogen-bond acceptors (Lipinski definition) is 4. The summed E-state index contributed by atoms with van der Waals surface area (Å²) in [6, 6.07) is 4.90. The molecule has 31 heavy (non-hydrogen) atoms. The minimum atomic E-state index is -3.71. The van der Waals surface area contributed by atoms with Gasteiger partial charge in [0.25, 0.3) is 0 Å². The first-order chi connectivity index (χ1) is 14.9. The molecule has 0 aromatic heterocycles. The maximum Gasteiger partial charge on any atom is 0.243 e. The molecular weight excluding hydrogens is 417 g/mol. The number of piperazine rings is 1. The molecule has 1 aromatic rings. The van der Waals surface area contributed by atoms with Crippen LogP contribution in [0.5, 0.6) is 0 Å². The van der Waals surface area contributed by atoms with E-state index in [1.54, 1.807) is 0 Å². The average molecular weight is 452 g/mol. The zero-order valence-corrected chi connectivity index (χ0v) is 19.0. The van der Waals surface area contributed by atoms with E-state index in [1.165, 1.54) is 48.5 Å². The summed E-state index contributed by atoms with van der Waals surface area (Å²) in [7, 11) is -3.71. The molecular formula is C23H34FN3O3S. The topological polar surface area (TPSA) is 60.9 Å². The number of halogens is 1. The second-order valence-electron chi connectivity index (χ2n) is 9.29. The van der Waals surface area contributed by atoms with Gasteiger partial charge in [0.15, 0.2) is 0 Å². The van der Waals surface area contributed by atoms with E-state index in [4.69, 9.17) is 0 Å². The molecule has 4 rings (SSSR count).